The lowest BCUT2D eigenvalue weighted by molar-refractivity contribution is 0.280. The van der Waals surface area contributed by atoms with Crippen LogP contribution < -0.4 is 5.32 Å². The van der Waals surface area contributed by atoms with Gasteiger partial charge >= 0.3 is 0 Å². The minimum atomic E-state index is 0.123. The zero-order valence-corrected chi connectivity index (χ0v) is 10.8. The van der Waals surface area contributed by atoms with Crippen molar-refractivity contribution >= 4 is 5.69 Å². The van der Waals surface area contributed by atoms with Gasteiger partial charge in [0.2, 0.25) is 0 Å². The minimum absolute atomic E-state index is 0.123. The second-order valence-corrected chi connectivity index (χ2v) is 5.61. The van der Waals surface area contributed by atoms with E-state index in [1.807, 2.05) is 12.1 Å². The molecule has 94 valence electrons. The average Bonchev–Trinajstić information content (AvgIpc) is 2.28. The first kappa shape index (κ1) is 12.4. The smallest absolute Gasteiger partial charge is 0.0681 e. The summed E-state index contributed by atoms with van der Waals surface area (Å²) in [7, 11) is 0. The summed E-state index contributed by atoms with van der Waals surface area (Å²) in [6.45, 7) is 4.82. The van der Waals surface area contributed by atoms with Crippen molar-refractivity contribution in [3.63, 3.8) is 0 Å². The fourth-order valence-corrected chi connectivity index (χ4v) is 3.01. The third kappa shape index (κ3) is 3.47. The second-order valence-electron chi connectivity index (χ2n) is 5.61. The first-order chi connectivity index (χ1) is 8.17. The molecule has 1 aliphatic carbocycles. The second kappa shape index (κ2) is 5.54. The summed E-state index contributed by atoms with van der Waals surface area (Å²) in [4.78, 5) is 0. The Balaban J connectivity index is 1.95. The van der Waals surface area contributed by atoms with Crippen molar-refractivity contribution in [2.75, 3.05) is 5.32 Å². The summed E-state index contributed by atoms with van der Waals surface area (Å²) in [5.74, 6) is 1.65. The van der Waals surface area contributed by atoms with Crippen LogP contribution in [0.15, 0.2) is 24.3 Å². The van der Waals surface area contributed by atoms with E-state index in [1.54, 1.807) is 0 Å². The Bertz CT molecular complexity index is 336. The van der Waals surface area contributed by atoms with Crippen LogP contribution >= 0.6 is 0 Å². The van der Waals surface area contributed by atoms with Gasteiger partial charge in [0.25, 0.3) is 0 Å². The number of anilines is 1. The number of aliphatic hydroxyl groups excluding tert-OH is 1. The molecule has 0 heterocycles. The molecule has 2 unspecified atom stereocenters. The highest BCUT2D eigenvalue weighted by molar-refractivity contribution is 5.45. The molecule has 1 fully saturated rings. The van der Waals surface area contributed by atoms with E-state index in [-0.39, 0.29) is 6.61 Å². The summed E-state index contributed by atoms with van der Waals surface area (Å²) in [5, 5.41) is 12.6. The van der Waals surface area contributed by atoms with E-state index in [0.29, 0.717) is 6.04 Å². The minimum Gasteiger partial charge on any atom is -0.392 e. The molecule has 2 atom stereocenters. The third-order valence-electron chi connectivity index (χ3n) is 3.69. The van der Waals surface area contributed by atoms with Crippen LogP contribution in [0.5, 0.6) is 0 Å². The van der Waals surface area contributed by atoms with Crippen molar-refractivity contribution in [3.8, 4) is 0 Å². The van der Waals surface area contributed by atoms with Gasteiger partial charge in [0.1, 0.15) is 0 Å². The van der Waals surface area contributed by atoms with Crippen LogP contribution in [-0.2, 0) is 6.61 Å². The van der Waals surface area contributed by atoms with Crippen molar-refractivity contribution in [2.24, 2.45) is 11.8 Å². The number of rotatable bonds is 3. The number of aliphatic hydroxyl groups is 1. The van der Waals surface area contributed by atoms with E-state index in [9.17, 15) is 0 Å². The van der Waals surface area contributed by atoms with Crippen molar-refractivity contribution in [3.05, 3.63) is 29.8 Å². The van der Waals surface area contributed by atoms with E-state index in [0.717, 1.165) is 17.4 Å². The number of hydrogen-bond donors (Lipinski definition) is 2. The predicted octanol–water partition coefficient (Wildman–Crippen LogP) is 3.42. The Hall–Kier alpha value is -1.02. The SMILES string of the molecule is CC1CC(C)CC(Nc2ccc(CO)cc2)C1. The zero-order chi connectivity index (χ0) is 12.3. The van der Waals surface area contributed by atoms with Crippen LogP contribution in [0, 0.1) is 11.8 Å². The Morgan fingerprint density at radius 1 is 1.06 bits per heavy atom. The van der Waals surface area contributed by atoms with Gasteiger partial charge < -0.3 is 10.4 Å². The van der Waals surface area contributed by atoms with Crippen LogP contribution in [0.25, 0.3) is 0 Å². The molecular weight excluding hydrogens is 210 g/mol. The fourth-order valence-electron chi connectivity index (χ4n) is 3.01. The molecule has 0 amide bonds. The quantitative estimate of drug-likeness (QED) is 0.838. The highest BCUT2D eigenvalue weighted by Gasteiger charge is 2.23. The molecule has 0 bridgehead atoms. The number of benzene rings is 1. The number of nitrogens with one attached hydrogen (secondary N) is 1. The normalized spacial score (nSPS) is 29.0. The molecule has 0 radical (unpaired) electrons. The topological polar surface area (TPSA) is 32.3 Å². The van der Waals surface area contributed by atoms with Gasteiger partial charge in [-0.25, -0.2) is 0 Å². The summed E-state index contributed by atoms with van der Waals surface area (Å²) in [6, 6.07) is 8.70. The monoisotopic (exact) mass is 233 g/mol. The fraction of sp³-hybridized carbons (Fsp3) is 0.600. The molecule has 0 saturated heterocycles. The molecule has 1 saturated carbocycles. The molecule has 2 N–H and O–H groups in total. The molecular formula is C15H23NO. The van der Waals surface area contributed by atoms with Crippen LogP contribution in [0.1, 0.15) is 38.7 Å². The first-order valence-electron chi connectivity index (χ1n) is 6.63. The van der Waals surface area contributed by atoms with Crippen LogP contribution in [0.4, 0.5) is 5.69 Å². The largest absolute Gasteiger partial charge is 0.392 e. The maximum atomic E-state index is 9.00. The first-order valence-corrected chi connectivity index (χ1v) is 6.63. The predicted molar refractivity (Wildman–Crippen MR) is 72.0 cm³/mol. The van der Waals surface area contributed by atoms with Crippen LogP contribution in [0.2, 0.25) is 0 Å². The van der Waals surface area contributed by atoms with Gasteiger partial charge in [0, 0.05) is 11.7 Å². The highest BCUT2D eigenvalue weighted by atomic mass is 16.3. The number of hydrogen-bond acceptors (Lipinski definition) is 2. The van der Waals surface area contributed by atoms with E-state index in [2.05, 4.69) is 31.3 Å². The lowest BCUT2D eigenvalue weighted by atomic mass is 9.80. The molecule has 1 aliphatic rings. The van der Waals surface area contributed by atoms with Gasteiger partial charge in [-0.1, -0.05) is 26.0 Å². The summed E-state index contributed by atoms with van der Waals surface area (Å²) < 4.78 is 0. The van der Waals surface area contributed by atoms with Crippen LogP contribution in [-0.4, -0.2) is 11.1 Å². The molecule has 1 aromatic carbocycles. The van der Waals surface area contributed by atoms with Crippen molar-refractivity contribution < 1.29 is 5.11 Å². The Morgan fingerprint density at radius 3 is 2.18 bits per heavy atom. The van der Waals surface area contributed by atoms with E-state index >= 15 is 0 Å². The maximum absolute atomic E-state index is 9.00. The molecule has 0 aromatic heterocycles. The molecule has 2 nitrogen and oxygen atoms in total. The van der Waals surface area contributed by atoms with Crippen molar-refractivity contribution in [1.82, 2.24) is 0 Å². The van der Waals surface area contributed by atoms with Gasteiger partial charge in [0.15, 0.2) is 0 Å². The van der Waals surface area contributed by atoms with Gasteiger partial charge in [0.05, 0.1) is 6.61 Å². The highest BCUT2D eigenvalue weighted by Crippen LogP contribution is 2.30. The average molecular weight is 233 g/mol. The van der Waals surface area contributed by atoms with E-state index in [4.69, 9.17) is 5.11 Å². The van der Waals surface area contributed by atoms with E-state index < -0.39 is 0 Å². The van der Waals surface area contributed by atoms with Crippen LogP contribution in [0.3, 0.4) is 0 Å². The zero-order valence-electron chi connectivity index (χ0n) is 10.8. The molecule has 2 rings (SSSR count). The molecule has 2 heteroatoms. The maximum Gasteiger partial charge on any atom is 0.0681 e. The van der Waals surface area contributed by atoms with Crippen molar-refractivity contribution in [2.45, 2.75) is 45.8 Å². The summed E-state index contributed by atoms with van der Waals surface area (Å²) >= 11 is 0. The van der Waals surface area contributed by atoms with Gasteiger partial charge in [-0.05, 0) is 48.8 Å². The molecule has 1 aromatic rings. The summed E-state index contributed by atoms with van der Waals surface area (Å²) in [6.07, 6.45) is 3.90. The molecule has 0 spiro atoms. The Labute approximate surface area is 104 Å². The molecule has 0 aliphatic heterocycles. The summed E-state index contributed by atoms with van der Waals surface area (Å²) in [5.41, 5.74) is 2.15. The van der Waals surface area contributed by atoms with E-state index in [1.165, 1.54) is 24.9 Å². The Kier molecular flexibility index (Phi) is 4.06. The third-order valence-corrected chi connectivity index (χ3v) is 3.69. The lowest BCUT2D eigenvalue weighted by Crippen LogP contribution is -2.30. The standard InChI is InChI=1S/C15H23NO/c1-11-7-12(2)9-15(8-11)16-14-5-3-13(10-17)4-6-14/h3-6,11-12,15-17H,7-10H2,1-2H3. The lowest BCUT2D eigenvalue weighted by Gasteiger charge is -2.32. The Morgan fingerprint density at radius 2 is 1.65 bits per heavy atom. The van der Waals surface area contributed by atoms with Gasteiger partial charge in [-0.2, -0.15) is 0 Å². The van der Waals surface area contributed by atoms with Crippen molar-refractivity contribution in [1.29, 1.82) is 0 Å². The van der Waals surface area contributed by atoms with Gasteiger partial charge in [-0.15, -0.1) is 0 Å². The van der Waals surface area contributed by atoms with Gasteiger partial charge in [-0.3, -0.25) is 0 Å². The molecule has 17 heavy (non-hydrogen) atoms.